The zero-order chi connectivity index (χ0) is 40.9. The first-order valence-corrected chi connectivity index (χ1v) is 20.2. The Bertz CT molecular complexity index is 1510. The zero-order valence-corrected chi connectivity index (χ0v) is 34.5. The van der Waals surface area contributed by atoms with Crippen molar-refractivity contribution >= 4 is 41.4 Å². The van der Waals surface area contributed by atoms with Crippen LogP contribution in [0.15, 0.2) is 24.3 Å². The van der Waals surface area contributed by atoms with Crippen molar-refractivity contribution in [3.05, 3.63) is 24.3 Å². The number of hydrogen-bond donors (Lipinski definition) is 4. The van der Waals surface area contributed by atoms with E-state index in [1.807, 2.05) is 61.5 Å². The lowest BCUT2D eigenvalue weighted by Crippen LogP contribution is -2.63. The number of hydrogen-bond acceptors (Lipinski definition) is 7. The molecule has 2 saturated carbocycles. The number of piperidine rings is 1. The summed E-state index contributed by atoms with van der Waals surface area (Å²) < 4.78 is 0. The summed E-state index contributed by atoms with van der Waals surface area (Å²) in [6.07, 6.45) is 10.6. The Kier molecular flexibility index (Phi) is 14.2. The summed E-state index contributed by atoms with van der Waals surface area (Å²) in [7, 11) is 0. The maximum atomic E-state index is 15.0. The van der Waals surface area contributed by atoms with Crippen molar-refractivity contribution in [3.63, 3.8) is 0 Å². The lowest BCUT2D eigenvalue weighted by atomic mass is 9.70. The summed E-state index contributed by atoms with van der Waals surface area (Å²) in [5, 5.41) is 11.4. The molecule has 13 heteroatoms. The average molecular weight is 767 g/mol. The first-order chi connectivity index (χ1) is 25.6. The fourth-order valence-corrected chi connectivity index (χ4v) is 8.36. The normalized spacial score (nSPS) is 23.9. The van der Waals surface area contributed by atoms with Gasteiger partial charge in [-0.05, 0) is 67.6 Å². The molecule has 13 nitrogen and oxygen atoms in total. The van der Waals surface area contributed by atoms with Gasteiger partial charge in [-0.1, -0.05) is 91.4 Å². The van der Waals surface area contributed by atoms with E-state index in [1.54, 1.807) is 4.90 Å². The number of ketones is 1. The third-order valence-electron chi connectivity index (χ3n) is 11.8. The largest absolute Gasteiger partial charge is 0.346 e. The van der Waals surface area contributed by atoms with Crippen molar-refractivity contribution < 1.29 is 33.6 Å². The summed E-state index contributed by atoms with van der Waals surface area (Å²) >= 11 is 0. The van der Waals surface area contributed by atoms with Gasteiger partial charge in [0.05, 0.1) is 12.1 Å². The molecule has 55 heavy (non-hydrogen) atoms. The highest BCUT2D eigenvalue weighted by Gasteiger charge is 2.49. The Morgan fingerprint density at radius 2 is 1.55 bits per heavy atom. The van der Waals surface area contributed by atoms with Gasteiger partial charge in [0.15, 0.2) is 0 Å². The number of likely N-dealkylation sites (tertiary alicyclic amines) is 2. The molecule has 0 aromatic carbocycles. The molecule has 7 amide bonds. The van der Waals surface area contributed by atoms with Crippen LogP contribution >= 0.6 is 0 Å². The van der Waals surface area contributed by atoms with Gasteiger partial charge in [0, 0.05) is 32.5 Å². The fourth-order valence-electron chi connectivity index (χ4n) is 8.36. The molecule has 306 valence electrons. The zero-order valence-electron chi connectivity index (χ0n) is 34.5. The highest BCUT2D eigenvalue weighted by Crippen LogP contribution is 2.41. The summed E-state index contributed by atoms with van der Waals surface area (Å²) in [5.41, 5.74) is -0.558. The number of urea groups is 1. The number of Topliss-reactive ketones (excluding diaryl/α,β-unsaturated/α-hetero) is 1. The van der Waals surface area contributed by atoms with E-state index in [9.17, 15) is 33.6 Å². The van der Waals surface area contributed by atoms with Crippen LogP contribution in [-0.4, -0.2) is 95.0 Å². The Balaban J connectivity index is 1.60. The first-order valence-electron chi connectivity index (χ1n) is 20.2. The standard InChI is InChI=1S/C42H66N6O7/c1-10-18-43-37(53)34(51)29(20-27-14-15-27)44-36(52)30-21-28(19-26(2)3)24-47(30)38(54)35(42(9)16-12-11-13-17-42)46-39(55)45-31(40(4,5)6)25-48-32(49)22-41(7,8)23-33(48)50/h10,19,27-31,35H,1,11-18,20-25H2,2-9H3,(H,43,53)(H,44,52)(H2,45,46,55)/t28-,29?,30+,31-,35-/m1/s1. The monoisotopic (exact) mass is 766 g/mol. The van der Waals surface area contributed by atoms with Gasteiger partial charge in [0.1, 0.15) is 12.1 Å². The van der Waals surface area contributed by atoms with Crippen LogP contribution in [0.5, 0.6) is 0 Å². The minimum Gasteiger partial charge on any atom is -0.346 e. The molecule has 4 rings (SSSR count). The maximum absolute atomic E-state index is 15.0. The molecule has 4 N–H and O–H groups in total. The molecule has 0 bridgehead atoms. The van der Waals surface area contributed by atoms with Crippen molar-refractivity contribution in [1.82, 2.24) is 31.1 Å². The van der Waals surface area contributed by atoms with Gasteiger partial charge in [-0.15, -0.1) is 6.58 Å². The number of imide groups is 1. The number of nitrogens with one attached hydrogen (secondary N) is 4. The quantitative estimate of drug-likeness (QED) is 0.108. The van der Waals surface area contributed by atoms with E-state index in [2.05, 4.69) is 27.8 Å². The van der Waals surface area contributed by atoms with Crippen molar-refractivity contribution in [3.8, 4) is 0 Å². The second-order valence-electron chi connectivity index (χ2n) is 18.9. The van der Waals surface area contributed by atoms with Crippen molar-refractivity contribution in [2.24, 2.45) is 28.1 Å². The van der Waals surface area contributed by atoms with Crippen molar-refractivity contribution in [2.75, 3.05) is 19.6 Å². The minimum atomic E-state index is -1.03. The number of carbonyl (C=O) groups is 7. The van der Waals surface area contributed by atoms with Gasteiger partial charge in [0.2, 0.25) is 29.4 Å². The lowest BCUT2D eigenvalue weighted by Gasteiger charge is -2.43. The number of amides is 7. The van der Waals surface area contributed by atoms with E-state index in [1.165, 1.54) is 11.0 Å². The Morgan fingerprint density at radius 1 is 0.927 bits per heavy atom. The highest BCUT2D eigenvalue weighted by atomic mass is 16.2. The minimum absolute atomic E-state index is 0.00561. The van der Waals surface area contributed by atoms with Crippen LogP contribution in [0.4, 0.5) is 4.79 Å². The van der Waals surface area contributed by atoms with Crippen molar-refractivity contribution in [1.29, 1.82) is 0 Å². The van der Waals surface area contributed by atoms with Crippen LogP contribution in [0, 0.1) is 28.1 Å². The molecule has 5 atom stereocenters. The van der Waals surface area contributed by atoms with Crippen LogP contribution < -0.4 is 21.3 Å². The second-order valence-corrected chi connectivity index (χ2v) is 18.9. The molecule has 4 fully saturated rings. The van der Waals surface area contributed by atoms with Gasteiger partial charge in [-0.2, -0.15) is 0 Å². The molecule has 4 aliphatic rings. The average Bonchev–Trinajstić information content (AvgIpc) is 3.81. The Labute approximate surface area is 327 Å². The molecule has 1 unspecified atom stereocenters. The molecule has 2 saturated heterocycles. The van der Waals surface area contributed by atoms with Gasteiger partial charge < -0.3 is 26.2 Å². The number of allylic oxidation sites excluding steroid dienone is 1. The van der Waals surface area contributed by atoms with Crippen LogP contribution in [0.25, 0.3) is 0 Å². The summed E-state index contributed by atoms with van der Waals surface area (Å²) in [4.78, 5) is 98.2. The van der Waals surface area contributed by atoms with Gasteiger partial charge in [-0.25, -0.2) is 4.79 Å². The molecule has 2 aliphatic heterocycles. The number of carbonyl (C=O) groups excluding carboxylic acids is 7. The van der Waals surface area contributed by atoms with E-state index >= 15 is 0 Å². The van der Waals surface area contributed by atoms with Crippen LogP contribution in [0.3, 0.4) is 0 Å². The van der Waals surface area contributed by atoms with E-state index in [0.717, 1.165) is 37.7 Å². The van der Waals surface area contributed by atoms with E-state index in [-0.39, 0.29) is 62.0 Å². The summed E-state index contributed by atoms with van der Waals surface area (Å²) in [5.74, 6) is -2.86. The molecular weight excluding hydrogens is 700 g/mol. The van der Waals surface area contributed by atoms with Crippen LogP contribution in [-0.2, 0) is 28.8 Å². The Morgan fingerprint density at radius 3 is 2.09 bits per heavy atom. The lowest BCUT2D eigenvalue weighted by molar-refractivity contribution is -0.153. The predicted molar refractivity (Wildman–Crippen MR) is 210 cm³/mol. The fraction of sp³-hybridized carbons (Fsp3) is 0.738. The van der Waals surface area contributed by atoms with Crippen LogP contribution in [0.2, 0.25) is 0 Å². The van der Waals surface area contributed by atoms with E-state index < -0.39 is 64.0 Å². The van der Waals surface area contributed by atoms with Crippen LogP contribution in [0.1, 0.15) is 126 Å². The van der Waals surface area contributed by atoms with Crippen molar-refractivity contribution in [2.45, 2.75) is 150 Å². The molecule has 0 aromatic heterocycles. The third kappa shape index (κ3) is 11.7. The molecular formula is C42H66N6O7. The molecule has 0 spiro atoms. The molecule has 2 aliphatic carbocycles. The molecule has 0 radical (unpaired) electrons. The van der Waals surface area contributed by atoms with E-state index in [0.29, 0.717) is 25.7 Å². The topological polar surface area (TPSA) is 174 Å². The van der Waals surface area contributed by atoms with Gasteiger partial charge in [0.25, 0.3) is 5.91 Å². The van der Waals surface area contributed by atoms with Gasteiger partial charge in [-0.3, -0.25) is 33.7 Å². The van der Waals surface area contributed by atoms with E-state index in [4.69, 9.17) is 0 Å². The smallest absolute Gasteiger partial charge is 0.315 e. The molecule has 0 aromatic rings. The highest BCUT2D eigenvalue weighted by molar-refractivity contribution is 6.38. The predicted octanol–water partition coefficient (Wildman–Crippen LogP) is 4.55. The summed E-state index contributed by atoms with van der Waals surface area (Å²) in [6.45, 7) is 19.4. The summed E-state index contributed by atoms with van der Waals surface area (Å²) in [6, 6.07) is -4.15. The second kappa shape index (κ2) is 17.8. The van der Waals surface area contributed by atoms with Gasteiger partial charge >= 0.3 is 6.03 Å². The number of nitrogens with zero attached hydrogens (tertiary/aromatic N) is 2. The Hall–Kier alpha value is -4.03. The SMILES string of the molecule is C=CCNC(=O)C(=O)C(CC1CC1)NC(=O)[C@@H]1C[C@@H](C=C(C)C)CN1C(=O)[C@@H](NC(=O)N[C@H](CN1C(=O)CC(C)(C)CC1=O)C(C)(C)C)C1(C)CCCCC1. The molecule has 2 heterocycles. The number of rotatable bonds is 15. The third-order valence-corrected chi connectivity index (χ3v) is 11.8. The maximum Gasteiger partial charge on any atom is 0.315 e. The first kappa shape index (κ1) is 43.7.